The van der Waals surface area contributed by atoms with Gasteiger partial charge in [0.25, 0.3) is 0 Å². The van der Waals surface area contributed by atoms with E-state index >= 15 is 0 Å². The molecule has 2 N–H and O–H groups in total. The van der Waals surface area contributed by atoms with Crippen molar-refractivity contribution in [1.82, 2.24) is 0 Å². The van der Waals surface area contributed by atoms with Crippen LogP contribution in [0.5, 0.6) is 0 Å². The molecule has 0 spiro atoms. The monoisotopic (exact) mass is 172 g/mol. The molecule has 0 saturated heterocycles. The molecule has 0 aromatic heterocycles. The molecule has 1 unspecified atom stereocenters. The molecule has 0 bridgehead atoms. The number of hydrogen-bond donors (Lipinski definition) is 2. The molecule has 2 heteroatoms. The van der Waals surface area contributed by atoms with Crippen LogP contribution in [-0.4, -0.2) is 21.4 Å². The Morgan fingerprint density at radius 3 is 2.17 bits per heavy atom. The second-order valence-electron chi connectivity index (χ2n) is 4.22. The number of rotatable bonds is 2. The van der Waals surface area contributed by atoms with E-state index in [-0.39, 0.29) is 0 Å². The Morgan fingerprint density at radius 2 is 1.75 bits per heavy atom. The van der Waals surface area contributed by atoms with Crippen molar-refractivity contribution in [3.05, 3.63) is 0 Å². The van der Waals surface area contributed by atoms with Gasteiger partial charge in [0.2, 0.25) is 0 Å². The molecule has 2 nitrogen and oxygen atoms in total. The molecule has 1 aliphatic carbocycles. The van der Waals surface area contributed by atoms with Crippen LogP contribution >= 0.6 is 0 Å². The summed E-state index contributed by atoms with van der Waals surface area (Å²) in [4.78, 5) is 0. The average molecular weight is 172 g/mol. The van der Waals surface area contributed by atoms with Crippen molar-refractivity contribution in [1.29, 1.82) is 0 Å². The summed E-state index contributed by atoms with van der Waals surface area (Å²) in [5.74, 6) is 0. The first-order valence-corrected chi connectivity index (χ1v) is 4.96. The van der Waals surface area contributed by atoms with E-state index in [1.54, 1.807) is 6.92 Å². The molecular weight excluding hydrogens is 152 g/mol. The molecule has 0 amide bonds. The molecule has 1 atom stereocenters. The van der Waals surface area contributed by atoms with Gasteiger partial charge in [-0.2, -0.15) is 0 Å². The first kappa shape index (κ1) is 10.0. The van der Waals surface area contributed by atoms with E-state index in [0.717, 1.165) is 25.7 Å². The van der Waals surface area contributed by atoms with Crippen molar-refractivity contribution in [2.45, 2.75) is 63.6 Å². The Labute approximate surface area is 74.6 Å². The van der Waals surface area contributed by atoms with Gasteiger partial charge in [0.1, 0.15) is 0 Å². The second-order valence-corrected chi connectivity index (χ2v) is 4.22. The average Bonchev–Trinajstić information content (AvgIpc) is 2.06. The lowest BCUT2D eigenvalue weighted by Crippen LogP contribution is -2.52. The van der Waals surface area contributed by atoms with Crippen molar-refractivity contribution in [2.24, 2.45) is 0 Å². The highest BCUT2D eigenvalue weighted by Crippen LogP contribution is 2.38. The van der Waals surface area contributed by atoms with Crippen LogP contribution in [0, 0.1) is 0 Å². The normalized spacial score (nSPS) is 28.0. The summed E-state index contributed by atoms with van der Waals surface area (Å²) >= 11 is 0. The van der Waals surface area contributed by atoms with Gasteiger partial charge in [-0.1, -0.05) is 26.2 Å². The zero-order valence-electron chi connectivity index (χ0n) is 8.14. The van der Waals surface area contributed by atoms with Crippen LogP contribution in [0.1, 0.15) is 52.4 Å². The van der Waals surface area contributed by atoms with Crippen LogP contribution in [0.15, 0.2) is 0 Å². The van der Waals surface area contributed by atoms with E-state index in [4.69, 9.17) is 0 Å². The van der Waals surface area contributed by atoms with Gasteiger partial charge in [-0.3, -0.25) is 0 Å². The molecule has 0 aliphatic heterocycles. The van der Waals surface area contributed by atoms with Gasteiger partial charge in [-0.15, -0.1) is 0 Å². The summed E-state index contributed by atoms with van der Waals surface area (Å²) in [5, 5.41) is 20.1. The lowest BCUT2D eigenvalue weighted by atomic mass is 9.72. The van der Waals surface area contributed by atoms with Gasteiger partial charge in [-0.25, -0.2) is 0 Å². The molecule has 1 fully saturated rings. The zero-order valence-corrected chi connectivity index (χ0v) is 8.14. The van der Waals surface area contributed by atoms with Crippen molar-refractivity contribution in [3.8, 4) is 0 Å². The highest BCUT2D eigenvalue weighted by atomic mass is 16.4. The van der Waals surface area contributed by atoms with Crippen LogP contribution in [0.4, 0.5) is 0 Å². The fourth-order valence-electron chi connectivity index (χ4n) is 2.00. The Morgan fingerprint density at radius 1 is 1.25 bits per heavy atom. The van der Waals surface area contributed by atoms with E-state index in [1.165, 1.54) is 6.42 Å². The maximum Gasteiger partial charge on any atom is 0.0930 e. The molecule has 0 aromatic carbocycles. The Balaban J connectivity index is 2.68. The summed E-state index contributed by atoms with van der Waals surface area (Å²) in [6.45, 7) is 3.67. The van der Waals surface area contributed by atoms with Gasteiger partial charge in [0.15, 0.2) is 0 Å². The smallest absolute Gasteiger partial charge is 0.0930 e. The van der Waals surface area contributed by atoms with Crippen molar-refractivity contribution in [2.75, 3.05) is 0 Å². The molecule has 1 rings (SSSR count). The largest absolute Gasteiger partial charge is 0.387 e. The fourth-order valence-corrected chi connectivity index (χ4v) is 2.00. The van der Waals surface area contributed by atoms with Gasteiger partial charge in [0.05, 0.1) is 11.2 Å². The Kier molecular flexibility index (Phi) is 2.79. The van der Waals surface area contributed by atoms with Gasteiger partial charge >= 0.3 is 0 Å². The van der Waals surface area contributed by atoms with E-state index in [0.29, 0.717) is 6.42 Å². The highest BCUT2D eigenvalue weighted by Gasteiger charge is 2.44. The van der Waals surface area contributed by atoms with Crippen molar-refractivity contribution >= 4 is 0 Å². The van der Waals surface area contributed by atoms with E-state index in [2.05, 4.69) is 0 Å². The third kappa shape index (κ3) is 1.64. The summed E-state index contributed by atoms with van der Waals surface area (Å²) < 4.78 is 0. The summed E-state index contributed by atoms with van der Waals surface area (Å²) in [7, 11) is 0. The maximum atomic E-state index is 10.1. The van der Waals surface area contributed by atoms with E-state index < -0.39 is 11.2 Å². The third-order valence-electron chi connectivity index (χ3n) is 3.37. The van der Waals surface area contributed by atoms with Gasteiger partial charge < -0.3 is 10.2 Å². The predicted molar refractivity (Wildman–Crippen MR) is 48.9 cm³/mol. The lowest BCUT2D eigenvalue weighted by Gasteiger charge is -2.43. The van der Waals surface area contributed by atoms with Crippen molar-refractivity contribution < 1.29 is 10.2 Å². The highest BCUT2D eigenvalue weighted by molar-refractivity contribution is 4.97. The molecule has 72 valence electrons. The molecular formula is C10H20O2. The first-order valence-electron chi connectivity index (χ1n) is 4.96. The minimum atomic E-state index is -0.895. The Hall–Kier alpha value is -0.0800. The minimum absolute atomic E-state index is 0.628. The molecule has 0 heterocycles. The Bertz CT molecular complexity index is 146. The standard InChI is InChI=1S/C10H20O2/c1-3-9(2,11)10(12)7-5-4-6-8-10/h11-12H,3-8H2,1-2H3. The van der Waals surface area contributed by atoms with Gasteiger partial charge in [-0.05, 0) is 26.2 Å². The number of aliphatic hydroxyl groups is 2. The topological polar surface area (TPSA) is 40.5 Å². The second kappa shape index (κ2) is 3.35. The lowest BCUT2D eigenvalue weighted by molar-refractivity contribution is -0.159. The third-order valence-corrected chi connectivity index (χ3v) is 3.37. The fraction of sp³-hybridized carbons (Fsp3) is 1.00. The summed E-state index contributed by atoms with van der Waals surface area (Å²) in [5.41, 5.74) is -1.71. The molecule has 1 aliphatic rings. The molecule has 1 saturated carbocycles. The van der Waals surface area contributed by atoms with Gasteiger partial charge in [0, 0.05) is 0 Å². The van der Waals surface area contributed by atoms with Crippen LogP contribution < -0.4 is 0 Å². The minimum Gasteiger partial charge on any atom is -0.387 e. The summed E-state index contributed by atoms with van der Waals surface area (Å²) in [6.07, 6.45) is 5.44. The van der Waals surface area contributed by atoms with Crippen LogP contribution in [0.25, 0.3) is 0 Å². The van der Waals surface area contributed by atoms with Crippen LogP contribution in [-0.2, 0) is 0 Å². The van der Waals surface area contributed by atoms with Crippen molar-refractivity contribution in [3.63, 3.8) is 0 Å². The number of hydrogen-bond acceptors (Lipinski definition) is 2. The SMILES string of the molecule is CCC(C)(O)C1(O)CCCCC1. The molecule has 0 radical (unpaired) electrons. The van der Waals surface area contributed by atoms with Crippen LogP contribution in [0.3, 0.4) is 0 Å². The molecule has 0 aromatic rings. The molecule has 12 heavy (non-hydrogen) atoms. The van der Waals surface area contributed by atoms with E-state index in [9.17, 15) is 10.2 Å². The summed E-state index contributed by atoms with van der Waals surface area (Å²) in [6, 6.07) is 0. The van der Waals surface area contributed by atoms with Crippen LogP contribution in [0.2, 0.25) is 0 Å². The zero-order chi connectivity index (χ0) is 9.24. The first-order chi connectivity index (χ1) is 5.52. The van der Waals surface area contributed by atoms with E-state index in [1.807, 2.05) is 6.92 Å². The maximum absolute atomic E-state index is 10.1. The quantitative estimate of drug-likeness (QED) is 0.667. The predicted octanol–water partition coefficient (Wildman–Crippen LogP) is 1.84.